The second-order valence-corrected chi connectivity index (χ2v) is 2.59. The number of hydrogen-bond acceptors (Lipinski definition) is 4. The molecular weight excluding hydrogens is 172 g/mol. The Morgan fingerprint density at radius 3 is 3.00 bits per heavy atom. The summed E-state index contributed by atoms with van der Waals surface area (Å²) in [4.78, 5) is 18.9. The summed E-state index contributed by atoms with van der Waals surface area (Å²) in [5.41, 5.74) is -0.000509. The highest BCUT2D eigenvalue weighted by molar-refractivity contribution is 5.48. The van der Waals surface area contributed by atoms with Gasteiger partial charge in [0.25, 0.3) is 0 Å². The molecule has 0 aromatic rings. The summed E-state index contributed by atoms with van der Waals surface area (Å²) in [5.74, 6) is 0.190. The topological polar surface area (TPSA) is 72.9 Å². The highest BCUT2D eigenvalue weighted by atomic mass is 16.5. The standard InChI is InChI=1S/C7H8N4O2/c1-2-10-3-5-6(9-4-8-5)11(13)7(10)12/h3-4,13H,2H2,1H3. The Morgan fingerprint density at radius 1 is 1.54 bits per heavy atom. The smallest absolute Gasteiger partial charge is 0.362 e. The summed E-state index contributed by atoms with van der Waals surface area (Å²) in [6.45, 7) is 2.30. The van der Waals surface area contributed by atoms with Gasteiger partial charge in [-0.15, -0.1) is 4.73 Å². The number of aromatic nitrogens is 4. The third-order valence-electron chi connectivity index (χ3n) is 1.85. The highest BCUT2D eigenvalue weighted by Gasteiger charge is 2.14. The van der Waals surface area contributed by atoms with Gasteiger partial charge >= 0.3 is 5.69 Å². The van der Waals surface area contributed by atoms with Crippen LogP contribution in [0.15, 0.2) is 17.3 Å². The van der Waals surface area contributed by atoms with Crippen LogP contribution in [-0.4, -0.2) is 24.5 Å². The molecule has 0 aliphatic carbocycles. The molecule has 0 amide bonds. The molecule has 0 aromatic carbocycles. The van der Waals surface area contributed by atoms with E-state index in [0.29, 0.717) is 17.0 Å². The molecule has 2 aliphatic heterocycles. The van der Waals surface area contributed by atoms with E-state index in [-0.39, 0.29) is 5.82 Å². The van der Waals surface area contributed by atoms with Gasteiger partial charge in [-0.2, -0.15) is 0 Å². The molecule has 0 unspecified atom stereocenters. The van der Waals surface area contributed by atoms with Crippen molar-refractivity contribution in [3.63, 3.8) is 0 Å². The molecule has 2 heterocycles. The number of hydrogen-bond donors (Lipinski definition) is 1. The molecule has 2 rings (SSSR count). The summed E-state index contributed by atoms with van der Waals surface area (Å²) < 4.78 is 1.86. The number of aryl methyl sites for hydroxylation is 1. The van der Waals surface area contributed by atoms with Crippen LogP contribution in [0, 0.1) is 0 Å². The first kappa shape index (κ1) is 7.78. The SMILES string of the molecule is CCn1cc2ncnc-2n(O)c1=O. The first-order chi connectivity index (χ1) is 6.24. The number of imidazole rings is 1. The fourth-order valence-corrected chi connectivity index (χ4v) is 1.17. The van der Waals surface area contributed by atoms with Crippen LogP contribution in [0.5, 0.6) is 0 Å². The first-order valence-corrected chi connectivity index (χ1v) is 3.86. The van der Waals surface area contributed by atoms with Crippen LogP contribution in [0.1, 0.15) is 6.92 Å². The quantitative estimate of drug-likeness (QED) is 0.617. The van der Waals surface area contributed by atoms with Crippen molar-refractivity contribution in [1.82, 2.24) is 19.3 Å². The van der Waals surface area contributed by atoms with E-state index < -0.39 is 5.69 Å². The van der Waals surface area contributed by atoms with Crippen molar-refractivity contribution in [3.05, 3.63) is 23.0 Å². The van der Waals surface area contributed by atoms with E-state index in [0.717, 1.165) is 0 Å². The van der Waals surface area contributed by atoms with Crippen LogP contribution in [0.4, 0.5) is 0 Å². The second-order valence-electron chi connectivity index (χ2n) is 2.59. The van der Waals surface area contributed by atoms with Crippen molar-refractivity contribution >= 4 is 0 Å². The molecule has 0 atom stereocenters. The summed E-state index contributed by atoms with van der Waals surface area (Å²) in [7, 11) is 0. The van der Waals surface area contributed by atoms with Gasteiger partial charge in [0.2, 0.25) is 5.82 Å². The number of rotatable bonds is 1. The van der Waals surface area contributed by atoms with E-state index in [9.17, 15) is 10.0 Å². The predicted octanol–water partition coefficient (Wildman–Crippen LogP) is -0.198. The molecule has 0 saturated carbocycles. The van der Waals surface area contributed by atoms with Crippen molar-refractivity contribution in [2.45, 2.75) is 13.5 Å². The lowest BCUT2D eigenvalue weighted by atomic mass is 10.4. The van der Waals surface area contributed by atoms with Crippen molar-refractivity contribution in [2.75, 3.05) is 0 Å². The lowest BCUT2D eigenvalue weighted by Gasteiger charge is -2.06. The summed E-state index contributed by atoms with van der Waals surface area (Å²) in [6, 6.07) is 0. The monoisotopic (exact) mass is 180 g/mol. The lowest BCUT2D eigenvalue weighted by Crippen LogP contribution is -2.30. The molecule has 1 N–H and O–H groups in total. The Balaban J connectivity index is 2.85. The van der Waals surface area contributed by atoms with Crippen LogP contribution in [0.3, 0.4) is 0 Å². The molecule has 2 aliphatic rings. The minimum Gasteiger partial charge on any atom is -0.422 e. The molecule has 0 bridgehead atoms. The summed E-state index contributed by atoms with van der Waals surface area (Å²) in [5, 5.41) is 9.34. The van der Waals surface area contributed by atoms with Gasteiger partial charge in [-0.1, -0.05) is 0 Å². The van der Waals surface area contributed by atoms with Crippen LogP contribution in [0.2, 0.25) is 0 Å². The Kier molecular flexibility index (Phi) is 1.54. The van der Waals surface area contributed by atoms with Gasteiger partial charge in [0.1, 0.15) is 12.0 Å². The average Bonchev–Trinajstić information content (AvgIpc) is 2.59. The van der Waals surface area contributed by atoms with Gasteiger partial charge in [0, 0.05) is 12.7 Å². The van der Waals surface area contributed by atoms with Gasteiger partial charge in [-0.05, 0) is 6.92 Å². The maximum absolute atomic E-state index is 11.3. The Morgan fingerprint density at radius 2 is 2.31 bits per heavy atom. The molecule has 68 valence electrons. The summed E-state index contributed by atoms with van der Waals surface area (Å²) >= 11 is 0. The Bertz CT molecular complexity index is 458. The normalized spacial score (nSPS) is 10.8. The highest BCUT2D eigenvalue weighted by Crippen LogP contribution is 2.11. The van der Waals surface area contributed by atoms with E-state index in [2.05, 4.69) is 9.97 Å². The fourth-order valence-electron chi connectivity index (χ4n) is 1.17. The zero-order valence-electron chi connectivity index (χ0n) is 7.01. The molecule has 0 saturated heterocycles. The molecule has 6 nitrogen and oxygen atoms in total. The van der Waals surface area contributed by atoms with E-state index in [1.54, 1.807) is 6.20 Å². The minimum atomic E-state index is -0.504. The zero-order chi connectivity index (χ0) is 9.42. The van der Waals surface area contributed by atoms with Crippen molar-refractivity contribution in [3.8, 4) is 11.5 Å². The predicted molar refractivity (Wildman–Crippen MR) is 43.8 cm³/mol. The maximum Gasteiger partial charge on any atom is 0.362 e. The van der Waals surface area contributed by atoms with Crippen molar-refractivity contribution in [2.24, 2.45) is 0 Å². The van der Waals surface area contributed by atoms with Gasteiger partial charge in [0.15, 0.2) is 0 Å². The largest absolute Gasteiger partial charge is 0.422 e. The van der Waals surface area contributed by atoms with Crippen LogP contribution in [-0.2, 0) is 6.54 Å². The van der Waals surface area contributed by atoms with Gasteiger partial charge < -0.3 is 5.21 Å². The van der Waals surface area contributed by atoms with Gasteiger partial charge in [-0.25, -0.2) is 14.8 Å². The molecule has 6 heteroatoms. The minimum absolute atomic E-state index is 0.190. The second kappa shape index (κ2) is 2.58. The van der Waals surface area contributed by atoms with Crippen LogP contribution in [0.25, 0.3) is 11.5 Å². The third kappa shape index (κ3) is 0.986. The maximum atomic E-state index is 11.3. The Hall–Kier alpha value is -1.85. The number of nitrogens with zero attached hydrogens (tertiary/aromatic N) is 4. The lowest BCUT2D eigenvalue weighted by molar-refractivity contribution is 0.166. The molecule has 0 spiro atoms. The Labute approximate surface area is 73.4 Å². The zero-order valence-corrected chi connectivity index (χ0v) is 7.01. The van der Waals surface area contributed by atoms with E-state index >= 15 is 0 Å². The molecule has 13 heavy (non-hydrogen) atoms. The van der Waals surface area contributed by atoms with Crippen molar-refractivity contribution in [1.29, 1.82) is 0 Å². The number of fused-ring (bicyclic) bond motifs is 1. The van der Waals surface area contributed by atoms with Gasteiger partial charge in [0.05, 0.1) is 0 Å². The molecule has 0 aromatic heterocycles. The van der Waals surface area contributed by atoms with Gasteiger partial charge in [-0.3, -0.25) is 4.57 Å². The van der Waals surface area contributed by atoms with E-state index in [1.165, 1.54) is 10.9 Å². The van der Waals surface area contributed by atoms with Crippen LogP contribution < -0.4 is 5.69 Å². The first-order valence-electron chi connectivity index (χ1n) is 3.86. The van der Waals surface area contributed by atoms with E-state index in [4.69, 9.17) is 0 Å². The fraction of sp³-hybridized carbons (Fsp3) is 0.286. The van der Waals surface area contributed by atoms with Crippen molar-refractivity contribution < 1.29 is 5.21 Å². The molecular formula is C7H8N4O2. The van der Waals surface area contributed by atoms with Crippen LogP contribution >= 0.6 is 0 Å². The molecule has 0 fully saturated rings. The molecule has 0 radical (unpaired) electrons. The third-order valence-corrected chi connectivity index (χ3v) is 1.85. The average molecular weight is 180 g/mol. The van der Waals surface area contributed by atoms with E-state index in [1.807, 2.05) is 6.92 Å². The summed E-state index contributed by atoms with van der Waals surface area (Å²) in [6.07, 6.45) is 2.87.